The Morgan fingerprint density at radius 2 is 1.61 bits per heavy atom. The molecule has 6 aliphatic rings. The maximum Gasteiger partial charge on any atom is 0.326 e. The number of carbonyl (C=O) groups excluding carboxylic acids is 6. The number of carboxylic acids is 1. The molecule has 9 rings (SSSR count). The molecular formula is C46H56N12O8. The number of nitrogens with one attached hydrogen (secondary N) is 1. The third kappa shape index (κ3) is 8.49. The van der Waals surface area contributed by atoms with Crippen LogP contribution in [0.15, 0.2) is 42.5 Å². The van der Waals surface area contributed by atoms with Crippen LogP contribution >= 0.6 is 0 Å². The Hall–Kier alpha value is -6.70. The SMILES string of the molecule is CCC(C(=O)O)N1C(=O)CCC(N2C(=O)c3ccc(N4CCC(CN5CCC(c6ccc(Nc7nc(N8CCC[C@@H](N9CCN(C)C9=O)C8)nnc7C(N)=O)cc6)CC5)C4)cc3C2=O)C1=O. The Balaban J connectivity index is 0.772. The van der Waals surface area contributed by atoms with Gasteiger partial charge in [-0.15, -0.1) is 10.2 Å². The van der Waals surface area contributed by atoms with Crippen LogP contribution in [0.2, 0.25) is 0 Å². The lowest BCUT2D eigenvalue weighted by Crippen LogP contribution is -2.60. The number of aliphatic carboxylic acids is 1. The summed E-state index contributed by atoms with van der Waals surface area (Å²) >= 11 is 0. The summed E-state index contributed by atoms with van der Waals surface area (Å²) in [7, 11) is 1.81. The van der Waals surface area contributed by atoms with E-state index >= 15 is 0 Å². The van der Waals surface area contributed by atoms with Gasteiger partial charge in [0, 0.05) is 70.7 Å². The van der Waals surface area contributed by atoms with Gasteiger partial charge >= 0.3 is 12.0 Å². The van der Waals surface area contributed by atoms with E-state index in [9.17, 15) is 38.7 Å². The monoisotopic (exact) mass is 904 g/mol. The molecular weight excluding hydrogens is 849 g/mol. The number of nitrogens with two attached hydrogens (primary N) is 1. The van der Waals surface area contributed by atoms with E-state index in [1.807, 2.05) is 35.0 Å². The highest BCUT2D eigenvalue weighted by Crippen LogP contribution is 2.36. The van der Waals surface area contributed by atoms with Gasteiger partial charge < -0.3 is 40.7 Å². The van der Waals surface area contributed by atoms with Crippen molar-refractivity contribution in [2.75, 3.05) is 81.1 Å². The molecule has 6 aliphatic heterocycles. The number of anilines is 4. The van der Waals surface area contributed by atoms with Crippen molar-refractivity contribution < 1.29 is 38.7 Å². The fourth-order valence-electron chi connectivity index (χ4n) is 10.7. The fraction of sp³-hybridized carbons (Fsp3) is 0.522. The highest BCUT2D eigenvalue weighted by Gasteiger charge is 2.49. The quantitative estimate of drug-likeness (QED) is 0.209. The van der Waals surface area contributed by atoms with Gasteiger partial charge in [0.2, 0.25) is 11.9 Å². The molecule has 0 aliphatic carbocycles. The third-order valence-electron chi connectivity index (χ3n) is 14.3. The molecule has 20 heteroatoms. The van der Waals surface area contributed by atoms with Crippen molar-refractivity contribution in [1.82, 2.24) is 39.7 Å². The van der Waals surface area contributed by atoms with Crippen molar-refractivity contribution in [3.63, 3.8) is 0 Å². The zero-order valence-corrected chi connectivity index (χ0v) is 37.3. The smallest absolute Gasteiger partial charge is 0.326 e. The molecule has 0 radical (unpaired) electrons. The summed E-state index contributed by atoms with van der Waals surface area (Å²) in [6.45, 7) is 8.67. The van der Waals surface area contributed by atoms with Crippen LogP contribution in [0.1, 0.15) is 101 Å². The topological polar surface area (TPSA) is 239 Å². The highest BCUT2D eigenvalue weighted by atomic mass is 16.4. The summed E-state index contributed by atoms with van der Waals surface area (Å²) in [5.41, 5.74) is 8.82. The van der Waals surface area contributed by atoms with Crippen molar-refractivity contribution in [2.45, 2.75) is 82.3 Å². The van der Waals surface area contributed by atoms with Crippen molar-refractivity contribution in [3.05, 3.63) is 64.8 Å². The number of rotatable bonds is 13. The largest absolute Gasteiger partial charge is 0.480 e. The molecule has 348 valence electrons. The van der Waals surface area contributed by atoms with Gasteiger partial charge in [-0.2, -0.15) is 4.98 Å². The molecule has 3 unspecified atom stereocenters. The lowest BCUT2D eigenvalue weighted by Gasteiger charge is -2.37. The van der Waals surface area contributed by atoms with E-state index in [0.29, 0.717) is 48.9 Å². The van der Waals surface area contributed by atoms with Gasteiger partial charge in [-0.3, -0.25) is 33.8 Å². The maximum atomic E-state index is 13.7. The van der Waals surface area contributed by atoms with E-state index in [0.717, 1.165) is 81.1 Å². The number of likely N-dealkylation sites (tertiary alicyclic amines) is 2. The normalized spacial score (nSPS) is 23.6. The summed E-state index contributed by atoms with van der Waals surface area (Å²) in [5, 5.41) is 21.3. The number of piperidine rings is 3. The number of hydrogen-bond donors (Lipinski definition) is 3. The van der Waals surface area contributed by atoms with E-state index in [1.54, 1.807) is 24.0 Å². The summed E-state index contributed by atoms with van der Waals surface area (Å²) in [5.74, 6) is -3.33. The number of imide groups is 2. The molecule has 0 spiro atoms. The summed E-state index contributed by atoms with van der Waals surface area (Å²) in [4.78, 5) is 107. The molecule has 5 saturated heterocycles. The number of likely N-dealkylation sites (N-methyl/N-ethyl adjacent to an activating group) is 1. The van der Waals surface area contributed by atoms with Crippen LogP contribution in [-0.2, 0) is 14.4 Å². The molecule has 0 bridgehead atoms. The van der Waals surface area contributed by atoms with Crippen molar-refractivity contribution in [2.24, 2.45) is 11.7 Å². The molecule has 20 nitrogen and oxygen atoms in total. The van der Waals surface area contributed by atoms with Crippen LogP contribution in [0.25, 0.3) is 0 Å². The molecule has 7 amide bonds. The standard InChI is InChI=1S/C46H56N12O8/c1-3-35(44(64)65)57-37(59)13-12-36(43(57)63)58-41(61)33-11-10-31(23-34(33)42(58)62)54-20-14-27(25-54)24-53-18-15-29(16-19-53)28-6-8-30(9-7-28)48-40-38(39(47)60)50-51-45(49-40)55-17-4-5-32(26-55)56-22-21-52(2)46(56)66/h6-11,23,27,29,32,35-36H,3-5,12-22,24-26H2,1-2H3,(H2,47,60)(H,64,65)(H,48,49,51)/t27?,32-,35?,36?/m1/s1. The lowest BCUT2D eigenvalue weighted by atomic mass is 9.89. The number of primary amides is 1. The van der Waals surface area contributed by atoms with Crippen LogP contribution in [0, 0.1) is 5.92 Å². The number of amides is 7. The second kappa shape index (κ2) is 18.3. The van der Waals surface area contributed by atoms with Crippen LogP contribution in [-0.4, -0.2) is 170 Å². The van der Waals surface area contributed by atoms with E-state index in [4.69, 9.17) is 10.7 Å². The first kappa shape index (κ1) is 44.5. The number of hydrogen-bond acceptors (Lipinski definition) is 14. The number of carbonyl (C=O) groups is 7. The van der Waals surface area contributed by atoms with Crippen molar-refractivity contribution >= 4 is 64.7 Å². The second-order valence-corrected chi connectivity index (χ2v) is 18.4. The Labute approximate surface area is 382 Å². The maximum absolute atomic E-state index is 13.7. The van der Waals surface area contributed by atoms with Gasteiger partial charge in [-0.1, -0.05) is 19.1 Å². The fourth-order valence-corrected chi connectivity index (χ4v) is 10.7. The minimum absolute atomic E-state index is 0.00809. The first-order valence-electron chi connectivity index (χ1n) is 23.1. The zero-order chi connectivity index (χ0) is 46.4. The minimum atomic E-state index is -1.37. The molecule has 2 aromatic carbocycles. The predicted octanol–water partition coefficient (Wildman–Crippen LogP) is 2.73. The first-order chi connectivity index (χ1) is 31.8. The molecule has 0 saturated carbocycles. The molecule has 4 atom stereocenters. The summed E-state index contributed by atoms with van der Waals surface area (Å²) in [6.07, 6.45) is 4.57. The molecule has 5 fully saturated rings. The number of nitrogens with zero attached hydrogens (tertiary/aromatic N) is 10. The van der Waals surface area contributed by atoms with E-state index in [2.05, 4.69) is 37.4 Å². The summed E-state index contributed by atoms with van der Waals surface area (Å²) < 4.78 is 0. The van der Waals surface area contributed by atoms with E-state index < -0.39 is 47.6 Å². The Bertz CT molecular complexity index is 2440. The molecule has 4 N–H and O–H groups in total. The number of aromatic nitrogens is 3. The Kier molecular flexibility index (Phi) is 12.3. The molecule has 1 aromatic heterocycles. The number of carboxylic acid groups (broad SMARTS) is 1. The Morgan fingerprint density at radius 3 is 2.30 bits per heavy atom. The van der Waals surface area contributed by atoms with Crippen molar-refractivity contribution in [3.8, 4) is 0 Å². The predicted molar refractivity (Wildman–Crippen MR) is 240 cm³/mol. The average Bonchev–Trinajstić information content (AvgIpc) is 3.99. The third-order valence-corrected chi connectivity index (χ3v) is 14.3. The molecule has 7 heterocycles. The van der Waals surface area contributed by atoms with Gasteiger partial charge in [-0.05, 0) is 106 Å². The van der Waals surface area contributed by atoms with Crippen LogP contribution in [0.4, 0.5) is 27.9 Å². The molecule has 3 aromatic rings. The van der Waals surface area contributed by atoms with Crippen LogP contribution in [0.3, 0.4) is 0 Å². The number of fused-ring (bicyclic) bond motifs is 1. The molecule has 66 heavy (non-hydrogen) atoms. The first-order valence-corrected chi connectivity index (χ1v) is 23.1. The second-order valence-electron chi connectivity index (χ2n) is 18.4. The number of benzene rings is 2. The van der Waals surface area contributed by atoms with Crippen LogP contribution < -0.4 is 20.9 Å². The number of urea groups is 1. The summed E-state index contributed by atoms with van der Waals surface area (Å²) in [6, 6.07) is 10.8. The highest BCUT2D eigenvalue weighted by molar-refractivity contribution is 6.24. The van der Waals surface area contributed by atoms with E-state index in [-0.39, 0.29) is 54.0 Å². The van der Waals surface area contributed by atoms with Gasteiger partial charge in [0.1, 0.15) is 12.1 Å². The lowest BCUT2D eigenvalue weighted by molar-refractivity contribution is -0.162. The Morgan fingerprint density at radius 1 is 0.848 bits per heavy atom. The minimum Gasteiger partial charge on any atom is -0.480 e. The van der Waals surface area contributed by atoms with Gasteiger partial charge in [-0.25, -0.2) is 9.59 Å². The van der Waals surface area contributed by atoms with Crippen LogP contribution in [0.5, 0.6) is 0 Å². The average molecular weight is 905 g/mol. The van der Waals surface area contributed by atoms with E-state index in [1.165, 1.54) is 5.56 Å². The zero-order valence-electron chi connectivity index (χ0n) is 37.3. The van der Waals surface area contributed by atoms with Gasteiger partial charge in [0.25, 0.3) is 23.6 Å². The van der Waals surface area contributed by atoms with Gasteiger partial charge in [0.05, 0.1) is 17.2 Å². The van der Waals surface area contributed by atoms with Gasteiger partial charge in [0.15, 0.2) is 11.5 Å². The van der Waals surface area contributed by atoms with Crippen molar-refractivity contribution in [1.29, 1.82) is 0 Å².